The molecule has 1 rings (SSSR count). The fourth-order valence-electron chi connectivity index (χ4n) is 1.56. The van der Waals surface area contributed by atoms with Gasteiger partial charge in [0.1, 0.15) is 17.7 Å². The number of hydrogen-bond donors (Lipinski definition) is 0. The number of benzene rings is 1. The van der Waals surface area contributed by atoms with Crippen LogP contribution < -0.4 is 10.4 Å². The third kappa shape index (κ3) is 2.20. The van der Waals surface area contributed by atoms with Crippen LogP contribution in [0.15, 0.2) is 0 Å². The largest absolute Gasteiger partial charge is 0.203 e. The lowest BCUT2D eigenvalue weighted by Crippen LogP contribution is -2.31. The Kier molecular flexibility index (Phi) is 4.46. The van der Waals surface area contributed by atoms with E-state index in [2.05, 4.69) is 0 Å². The molecule has 0 aliphatic heterocycles. The highest BCUT2D eigenvalue weighted by atomic mass is 19.2. The van der Waals surface area contributed by atoms with Crippen LogP contribution in [0.5, 0.6) is 0 Å². The molecule has 0 fully saturated rings. The first-order valence-electron chi connectivity index (χ1n) is 5.24. The Balaban J connectivity index is 4.27. The second kappa shape index (κ2) is 5.86. The fraction of sp³-hybridized carbons (Fsp3) is 0.154. The molecule has 0 radical (unpaired) electrons. The van der Waals surface area contributed by atoms with E-state index in [1.54, 1.807) is 0 Å². The molecule has 1 aromatic rings. The van der Waals surface area contributed by atoms with Gasteiger partial charge in [0, 0.05) is 5.57 Å². The van der Waals surface area contributed by atoms with Crippen LogP contribution in [0.4, 0.5) is 17.6 Å². The van der Waals surface area contributed by atoms with E-state index in [1.807, 2.05) is 0 Å². The summed E-state index contributed by atoms with van der Waals surface area (Å²) in [6, 6.07) is 3.75. The predicted molar refractivity (Wildman–Crippen MR) is 59.5 cm³/mol. The van der Waals surface area contributed by atoms with E-state index in [9.17, 15) is 17.6 Å². The average molecular weight is 279 g/mol. The van der Waals surface area contributed by atoms with Gasteiger partial charge in [0.05, 0.1) is 16.5 Å². The molecule has 0 amide bonds. The van der Waals surface area contributed by atoms with E-state index >= 15 is 0 Å². The van der Waals surface area contributed by atoms with E-state index in [0.717, 1.165) is 12.1 Å². The van der Waals surface area contributed by atoms with Crippen molar-refractivity contribution >= 4 is 11.1 Å². The monoisotopic (exact) mass is 279 g/mol. The molecule has 0 N–H and O–H groups in total. The Hall–Kier alpha value is -2.85. The first-order valence-corrected chi connectivity index (χ1v) is 5.24. The SMILES string of the molecule is CCC(C#N)=c1c(F)c(F)c(=C(C#N)C#N)c(F)c1F. The van der Waals surface area contributed by atoms with Gasteiger partial charge in [0.2, 0.25) is 0 Å². The van der Waals surface area contributed by atoms with Crippen LogP contribution in [0, 0.1) is 57.3 Å². The van der Waals surface area contributed by atoms with Crippen molar-refractivity contribution in [1.82, 2.24) is 0 Å². The van der Waals surface area contributed by atoms with E-state index in [0.29, 0.717) is 0 Å². The summed E-state index contributed by atoms with van der Waals surface area (Å²) in [6.07, 6.45) is -0.143. The molecule has 0 saturated heterocycles. The molecule has 0 heterocycles. The minimum absolute atomic E-state index is 0.143. The first kappa shape index (κ1) is 15.2. The maximum Gasteiger partial charge on any atom is 0.171 e. The molecule has 7 heteroatoms. The van der Waals surface area contributed by atoms with Gasteiger partial charge in [0.25, 0.3) is 0 Å². The van der Waals surface area contributed by atoms with Crippen LogP contribution in [-0.2, 0) is 0 Å². The van der Waals surface area contributed by atoms with Crippen molar-refractivity contribution in [3.8, 4) is 18.2 Å². The van der Waals surface area contributed by atoms with Crippen molar-refractivity contribution in [3.63, 3.8) is 0 Å². The lowest BCUT2D eigenvalue weighted by molar-refractivity contribution is 0.434. The normalized spacial score (nSPS) is 9.30. The standard InChI is InChI=1S/C13H5F4N3/c1-2-6(3-18)8-10(14)12(16)9(7(4-19)5-20)13(17)11(8)15/h2H2,1H3. The zero-order valence-electron chi connectivity index (χ0n) is 10.1. The number of nitrogens with zero attached hydrogens (tertiary/aromatic N) is 3. The van der Waals surface area contributed by atoms with Gasteiger partial charge in [-0.2, -0.15) is 15.8 Å². The lowest BCUT2D eigenvalue weighted by Gasteiger charge is -2.03. The summed E-state index contributed by atoms with van der Waals surface area (Å²) in [4.78, 5) is 0. The van der Waals surface area contributed by atoms with Crippen molar-refractivity contribution in [1.29, 1.82) is 15.8 Å². The minimum Gasteiger partial charge on any atom is -0.203 e. The molecule has 0 saturated carbocycles. The van der Waals surface area contributed by atoms with Crippen LogP contribution >= 0.6 is 0 Å². The summed E-state index contributed by atoms with van der Waals surface area (Å²) in [5, 5.41) is 23.3. The Labute approximate surface area is 110 Å². The molecule has 0 atom stereocenters. The van der Waals surface area contributed by atoms with Crippen molar-refractivity contribution in [3.05, 3.63) is 33.7 Å². The summed E-state index contributed by atoms with van der Waals surface area (Å²) < 4.78 is 55.0. The topological polar surface area (TPSA) is 71.4 Å². The summed E-state index contributed by atoms with van der Waals surface area (Å²) >= 11 is 0. The second-order valence-corrected chi connectivity index (χ2v) is 3.55. The van der Waals surface area contributed by atoms with Crippen LogP contribution in [0.2, 0.25) is 0 Å². The molecule has 0 unspecified atom stereocenters. The van der Waals surface area contributed by atoms with Crippen LogP contribution in [0.3, 0.4) is 0 Å². The van der Waals surface area contributed by atoms with Crippen LogP contribution in [0.25, 0.3) is 11.1 Å². The molecule has 20 heavy (non-hydrogen) atoms. The van der Waals surface area contributed by atoms with Gasteiger partial charge < -0.3 is 0 Å². The Morgan fingerprint density at radius 2 is 1.20 bits per heavy atom. The quantitative estimate of drug-likeness (QED) is 0.578. The van der Waals surface area contributed by atoms with E-state index in [4.69, 9.17) is 15.8 Å². The van der Waals surface area contributed by atoms with Gasteiger partial charge in [-0.3, -0.25) is 0 Å². The minimum atomic E-state index is -1.88. The maximum atomic E-state index is 13.8. The zero-order valence-corrected chi connectivity index (χ0v) is 10.1. The van der Waals surface area contributed by atoms with Gasteiger partial charge in [0.15, 0.2) is 23.3 Å². The molecule has 0 aliphatic rings. The number of nitriles is 3. The summed E-state index contributed by atoms with van der Waals surface area (Å²) in [6.45, 7) is 1.38. The highest BCUT2D eigenvalue weighted by Gasteiger charge is 2.22. The van der Waals surface area contributed by atoms with E-state index in [-0.39, 0.29) is 6.42 Å². The summed E-state index contributed by atoms with van der Waals surface area (Å²) in [7, 11) is 0. The zero-order chi connectivity index (χ0) is 15.4. The predicted octanol–water partition coefficient (Wildman–Crippen LogP) is 1.53. The van der Waals surface area contributed by atoms with Crippen molar-refractivity contribution in [2.45, 2.75) is 13.3 Å². The molecule has 1 aromatic carbocycles. The number of hydrogen-bond acceptors (Lipinski definition) is 3. The van der Waals surface area contributed by atoms with Crippen molar-refractivity contribution in [2.24, 2.45) is 0 Å². The molecule has 0 bridgehead atoms. The van der Waals surface area contributed by atoms with E-state index in [1.165, 1.54) is 13.0 Å². The third-order valence-corrected chi connectivity index (χ3v) is 2.53. The van der Waals surface area contributed by atoms with Gasteiger partial charge >= 0.3 is 0 Å². The van der Waals surface area contributed by atoms with Gasteiger partial charge in [-0.15, -0.1) is 0 Å². The van der Waals surface area contributed by atoms with Crippen molar-refractivity contribution in [2.75, 3.05) is 0 Å². The molecular formula is C13H5F4N3. The summed E-state index contributed by atoms with van der Waals surface area (Å²) in [5.41, 5.74) is -1.58. The van der Waals surface area contributed by atoms with E-state index < -0.39 is 44.9 Å². The molecule has 0 spiro atoms. The highest BCUT2D eigenvalue weighted by molar-refractivity contribution is 5.73. The number of rotatable bonds is 1. The average Bonchev–Trinajstić information content (AvgIpc) is 2.46. The smallest absolute Gasteiger partial charge is 0.171 e. The second-order valence-electron chi connectivity index (χ2n) is 3.55. The Bertz CT molecular complexity index is 769. The molecule has 3 nitrogen and oxygen atoms in total. The fourth-order valence-corrected chi connectivity index (χ4v) is 1.56. The molecule has 0 aromatic heterocycles. The van der Waals surface area contributed by atoms with Gasteiger partial charge in [-0.1, -0.05) is 6.92 Å². The third-order valence-electron chi connectivity index (χ3n) is 2.53. The van der Waals surface area contributed by atoms with Gasteiger partial charge in [-0.05, 0) is 6.42 Å². The Morgan fingerprint density at radius 1 is 0.800 bits per heavy atom. The lowest BCUT2D eigenvalue weighted by atomic mass is 10.1. The maximum absolute atomic E-state index is 13.8. The molecular weight excluding hydrogens is 274 g/mol. The highest BCUT2D eigenvalue weighted by Crippen LogP contribution is 2.08. The molecule has 0 aliphatic carbocycles. The van der Waals surface area contributed by atoms with Crippen LogP contribution in [0.1, 0.15) is 13.3 Å². The van der Waals surface area contributed by atoms with Crippen LogP contribution in [-0.4, -0.2) is 0 Å². The summed E-state index contributed by atoms with van der Waals surface area (Å²) in [5.74, 6) is -7.36. The molecule has 100 valence electrons. The number of halogens is 4. The first-order chi connectivity index (χ1) is 9.44. The van der Waals surface area contributed by atoms with Crippen molar-refractivity contribution < 1.29 is 17.6 Å². The Morgan fingerprint density at radius 3 is 1.50 bits per heavy atom. The van der Waals surface area contributed by atoms with Gasteiger partial charge in [-0.25, -0.2) is 17.6 Å².